The molecule has 1 saturated heterocycles. The molecule has 0 atom stereocenters. The van der Waals surface area contributed by atoms with E-state index in [1.165, 1.54) is 0 Å². The lowest BCUT2D eigenvalue weighted by molar-refractivity contribution is 0.102. The highest BCUT2D eigenvalue weighted by atomic mass is 16.5. The zero-order chi connectivity index (χ0) is 17.6. The second-order valence-corrected chi connectivity index (χ2v) is 5.55. The molecule has 132 valence electrons. The molecule has 1 aromatic carbocycles. The second kappa shape index (κ2) is 7.85. The first-order valence-corrected chi connectivity index (χ1v) is 8.02. The number of pyridine rings is 1. The molecule has 0 radical (unpaired) electrons. The van der Waals surface area contributed by atoms with E-state index in [-0.39, 0.29) is 5.91 Å². The van der Waals surface area contributed by atoms with E-state index in [4.69, 9.17) is 14.2 Å². The summed E-state index contributed by atoms with van der Waals surface area (Å²) in [5.41, 5.74) is 1.98. The molecule has 7 nitrogen and oxygen atoms in total. The predicted octanol–water partition coefficient (Wildman–Crippen LogP) is 2.19. The normalized spacial score (nSPS) is 14.1. The average molecular weight is 343 g/mol. The molecule has 2 heterocycles. The molecular weight excluding hydrogens is 322 g/mol. The highest BCUT2D eigenvalue weighted by Gasteiger charge is 2.15. The van der Waals surface area contributed by atoms with E-state index in [0.717, 1.165) is 18.8 Å². The summed E-state index contributed by atoms with van der Waals surface area (Å²) in [6.45, 7) is 2.94. The number of rotatable bonds is 5. The van der Waals surface area contributed by atoms with Crippen LogP contribution in [0.5, 0.6) is 11.5 Å². The van der Waals surface area contributed by atoms with E-state index in [2.05, 4.69) is 15.2 Å². The van der Waals surface area contributed by atoms with Crippen LogP contribution < -0.4 is 19.7 Å². The van der Waals surface area contributed by atoms with Crippen LogP contribution in [0.3, 0.4) is 0 Å². The molecule has 0 aliphatic carbocycles. The fourth-order valence-electron chi connectivity index (χ4n) is 2.64. The van der Waals surface area contributed by atoms with Crippen LogP contribution in [0.2, 0.25) is 0 Å². The van der Waals surface area contributed by atoms with Gasteiger partial charge in [0.05, 0.1) is 50.6 Å². The third-order valence-electron chi connectivity index (χ3n) is 4.02. The van der Waals surface area contributed by atoms with Crippen molar-refractivity contribution in [2.45, 2.75) is 0 Å². The quantitative estimate of drug-likeness (QED) is 0.897. The van der Waals surface area contributed by atoms with Crippen molar-refractivity contribution in [3.8, 4) is 11.5 Å². The Hall–Kier alpha value is -2.80. The van der Waals surface area contributed by atoms with Gasteiger partial charge in [-0.2, -0.15) is 0 Å². The van der Waals surface area contributed by atoms with Crippen LogP contribution in [0.4, 0.5) is 11.4 Å². The molecule has 1 N–H and O–H groups in total. The van der Waals surface area contributed by atoms with Gasteiger partial charge in [0.1, 0.15) is 11.5 Å². The lowest BCUT2D eigenvalue weighted by atomic mass is 10.2. The summed E-state index contributed by atoms with van der Waals surface area (Å²) in [5.74, 6) is 0.946. The summed E-state index contributed by atoms with van der Waals surface area (Å²) < 4.78 is 15.8. The van der Waals surface area contributed by atoms with Crippen LogP contribution >= 0.6 is 0 Å². The minimum atomic E-state index is -0.244. The van der Waals surface area contributed by atoms with Crippen LogP contribution in [-0.4, -0.2) is 51.4 Å². The molecule has 3 rings (SSSR count). The van der Waals surface area contributed by atoms with Crippen molar-refractivity contribution in [1.29, 1.82) is 0 Å². The third kappa shape index (κ3) is 4.00. The molecule has 0 spiro atoms. The maximum atomic E-state index is 12.6. The molecule has 2 aromatic rings. The summed E-state index contributed by atoms with van der Waals surface area (Å²) in [4.78, 5) is 18.9. The standard InChI is InChI=1S/C18H21N3O4/c1-23-15-3-4-16(17(10-15)24-2)20-18(22)13-9-14(12-19-11-13)21-5-7-25-8-6-21/h3-4,9-12H,5-8H2,1-2H3,(H,20,22). The number of carbonyl (C=O) groups excluding carboxylic acids is 1. The fraction of sp³-hybridized carbons (Fsp3) is 0.333. The molecule has 1 aliphatic heterocycles. The SMILES string of the molecule is COc1ccc(NC(=O)c2cncc(N3CCOCC3)c2)c(OC)c1. The highest BCUT2D eigenvalue weighted by Crippen LogP contribution is 2.29. The third-order valence-corrected chi connectivity index (χ3v) is 4.02. The van der Waals surface area contributed by atoms with E-state index in [1.807, 2.05) is 6.07 Å². The highest BCUT2D eigenvalue weighted by molar-refractivity contribution is 6.05. The number of amides is 1. The van der Waals surface area contributed by atoms with Gasteiger partial charge in [-0.1, -0.05) is 0 Å². The first-order valence-electron chi connectivity index (χ1n) is 8.02. The van der Waals surface area contributed by atoms with Gasteiger partial charge in [-0.05, 0) is 18.2 Å². The van der Waals surface area contributed by atoms with E-state index in [1.54, 1.807) is 44.8 Å². The van der Waals surface area contributed by atoms with Crippen molar-refractivity contribution >= 4 is 17.3 Å². The van der Waals surface area contributed by atoms with Crippen molar-refractivity contribution in [2.24, 2.45) is 0 Å². The number of nitrogens with one attached hydrogen (secondary N) is 1. The van der Waals surface area contributed by atoms with Crippen LogP contribution in [-0.2, 0) is 4.74 Å². The van der Waals surface area contributed by atoms with Gasteiger partial charge in [0.25, 0.3) is 5.91 Å². The first kappa shape index (κ1) is 17.0. The Morgan fingerprint density at radius 2 is 1.96 bits per heavy atom. The summed E-state index contributed by atoms with van der Waals surface area (Å²) in [6, 6.07) is 7.07. The van der Waals surface area contributed by atoms with Crippen molar-refractivity contribution < 1.29 is 19.0 Å². The van der Waals surface area contributed by atoms with Crippen molar-refractivity contribution in [3.63, 3.8) is 0 Å². The summed E-state index contributed by atoms with van der Waals surface area (Å²) >= 11 is 0. The molecule has 1 amide bonds. The molecule has 7 heteroatoms. The Morgan fingerprint density at radius 1 is 1.16 bits per heavy atom. The van der Waals surface area contributed by atoms with Gasteiger partial charge in [-0.3, -0.25) is 9.78 Å². The summed E-state index contributed by atoms with van der Waals surface area (Å²) in [5, 5.41) is 2.86. The van der Waals surface area contributed by atoms with Gasteiger partial charge in [0.2, 0.25) is 0 Å². The summed E-state index contributed by atoms with van der Waals surface area (Å²) in [7, 11) is 3.13. The van der Waals surface area contributed by atoms with Crippen molar-refractivity contribution in [2.75, 3.05) is 50.7 Å². The Kier molecular flexibility index (Phi) is 5.35. The number of nitrogens with zero attached hydrogens (tertiary/aromatic N) is 2. The number of aromatic nitrogens is 1. The van der Waals surface area contributed by atoms with E-state index < -0.39 is 0 Å². The lowest BCUT2D eigenvalue weighted by Gasteiger charge is -2.28. The molecular formula is C18H21N3O4. The Bertz CT molecular complexity index is 745. The Morgan fingerprint density at radius 3 is 2.68 bits per heavy atom. The first-order chi connectivity index (χ1) is 12.2. The number of ether oxygens (including phenoxy) is 3. The molecule has 1 aromatic heterocycles. The maximum absolute atomic E-state index is 12.6. The van der Waals surface area contributed by atoms with Gasteiger partial charge < -0.3 is 24.4 Å². The lowest BCUT2D eigenvalue weighted by Crippen LogP contribution is -2.36. The molecule has 1 aliphatic rings. The monoisotopic (exact) mass is 343 g/mol. The maximum Gasteiger partial charge on any atom is 0.257 e. The van der Waals surface area contributed by atoms with Gasteiger partial charge in [0.15, 0.2) is 0 Å². The van der Waals surface area contributed by atoms with Crippen LogP contribution in [0.25, 0.3) is 0 Å². The van der Waals surface area contributed by atoms with Crippen LogP contribution in [0.1, 0.15) is 10.4 Å². The van der Waals surface area contributed by atoms with E-state index >= 15 is 0 Å². The van der Waals surface area contributed by atoms with E-state index in [9.17, 15) is 4.79 Å². The van der Waals surface area contributed by atoms with Crippen molar-refractivity contribution in [1.82, 2.24) is 4.98 Å². The number of carbonyl (C=O) groups is 1. The number of hydrogen-bond acceptors (Lipinski definition) is 6. The minimum absolute atomic E-state index is 0.244. The topological polar surface area (TPSA) is 72.9 Å². The fourth-order valence-corrected chi connectivity index (χ4v) is 2.64. The number of methoxy groups -OCH3 is 2. The molecule has 25 heavy (non-hydrogen) atoms. The molecule has 0 saturated carbocycles. The largest absolute Gasteiger partial charge is 0.497 e. The minimum Gasteiger partial charge on any atom is -0.497 e. The van der Waals surface area contributed by atoms with Gasteiger partial charge >= 0.3 is 0 Å². The number of benzene rings is 1. The van der Waals surface area contributed by atoms with E-state index in [0.29, 0.717) is 36.0 Å². The number of hydrogen-bond donors (Lipinski definition) is 1. The molecule has 0 unspecified atom stereocenters. The Balaban J connectivity index is 1.77. The molecule has 0 bridgehead atoms. The smallest absolute Gasteiger partial charge is 0.257 e. The zero-order valence-electron chi connectivity index (χ0n) is 14.3. The summed E-state index contributed by atoms with van der Waals surface area (Å²) in [6.07, 6.45) is 3.31. The predicted molar refractivity (Wildman–Crippen MR) is 94.8 cm³/mol. The van der Waals surface area contributed by atoms with Crippen LogP contribution in [0.15, 0.2) is 36.7 Å². The van der Waals surface area contributed by atoms with Gasteiger partial charge in [-0.15, -0.1) is 0 Å². The van der Waals surface area contributed by atoms with Crippen molar-refractivity contribution in [3.05, 3.63) is 42.2 Å². The second-order valence-electron chi connectivity index (χ2n) is 5.55. The van der Waals surface area contributed by atoms with Gasteiger partial charge in [0, 0.05) is 25.4 Å². The number of anilines is 2. The van der Waals surface area contributed by atoms with Crippen LogP contribution in [0, 0.1) is 0 Å². The van der Waals surface area contributed by atoms with Gasteiger partial charge in [-0.25, -0.2) is 0 Å². The molecule has 1 fully saturated rings. The average Bonchev–Trinajstić information content (AvgIpc) is 2.69. The number of morpholine rings is 1. The zero-order valence-corrected chi connectivity index (χ0v) is 14.3. The Labute approximate surface area is 146 Å².